The van der Waals surface area contributed by atoms with E-state index in [1.807, 2.05) is 0 Å². The van der Waals surface area contributed by atoms with Crippen molar-refractivity contribution in [2.45, 2.75) is 108 Å². The summed E-state index contributed by atoms with van der Waals surface area (Å²) >= 11 is 0. The van der Waals surface area contributed by atoms with Gasteiger partial charge in [-0.25, -0.2) is 8.78 Å². The van der Waals surface area contributed by atoms with Crippen molar-refractivity contribution in [1.82, 2.24) is 0 Å². The summed E-state index contributed by atoms with van der Waals surface area (Å²) in [5.74, 6) is 0.369. The van der Waals surface area contributed by atoms with E-state index in [2.05, 4.69) is 6.92 Å². The van der Waals surface area contributed by atoms with Crippen LogP contribution in [0.2, 0.25) is 18.1 Å². The summed E-state index contributed by atoms with van der Waals surface area (Å²) in [4.78, 5) is 0. The molecule has 1 aliphatic heterocycles. The molecule has 2 aromatic carbocycles. The normalized spacial score (nSPS) is 24.8. The summed E-state index contributed by atoms with van der Waals surface area (Å²) in [5, 5.41) is 0. The minimum atomic E-state index is -4.48. The third-order valence-electron chi connectivity index (χ3n) is 9.05. The van der Waals surface area contributed by atoms with E-state index in [4.69, 9.17) is 0 Å². The molecule has 0 spiro atoms. The van der Waals surface area contributed by atoms with Gasteiger partial charge in [-0.2, -0.15) is 13.2 Å². The lowest BCUT2D eigenvalue weighted by Crippen LogP contribution is -2.22. The molecule has 2 aromatic rings. The first-order valence-electron chi connectivity index (χ1n) is 14.4. The molecule has 1 saturated carbocycles. The fraction of sp³-hybridized carbons (Fsp3) is 0.613. The summed E-state index contributed by atoms with van der Waals surface area (Å²) in [5.41, 5.74) is -0.289. The van der Waals surface area contributed by atoms with E-state index in [-0.39, 0.29) is 17.0 Å². The molecular formula is C31H41F5Si. The second-order valence-corrected chi connectivity index (χ2v) is 15.1. The second-order valence-electron chi connectivity index (χ2n) is 11.6. The molecule has 6 heteroatoms. The molecule has 0 amide bonds. The summed E-state index contributed by atoms with van der Waals surface area (Å²) in [7, 11) is -0.447. The van der Waals surface area contributed by atoms with Crippen molar-refractivity contribution in [3.05, 3.63) is 59.2 Å². The highest BCUT2D eigenvalue weighted by molar-refractivity contribution is 6.58. The highest BCUT2D eigenvalue weighted by atomic mass is 28.3. The molecule has 0 bridgehead atoms. The largest absolute Gasteiger partial charge is 0.416 e. The van der Waals surface area contributed by atoms with Crippen LogP contribution >= 0.6 is 0 Å². The van der Waals surface area contributed by atoms with E-state index in [9.17, 15) is 22.0 Å². The van der Waals surface area contributed by atoms with Crippen molar-refractivity contribution < 1.29 is 22.0 Å². The zero-order chi connectivity index (χ0) is 26.4. The molecular weight excluding hydrogens is 495 g/mol. The summed E-state index contributed by atoms with van der Waals surface area (Å²) in [6.07, 6.45) is 9.32. The van der Waals surface area contributed by atoms with E-state index in [1.54, 1.807) is 18.1 Å². The topological polar surface area (TPSA) is 0 Å². The SMILES string of the molecule is CCCCC[Si@H]1CC[C@H](CC[C@H]2CC[C@H](c3cc(F)c(-c4ccc(C(F)(F)F)cc4)c(F)c3)CC2)CC1. The van der Waals surface area contributed by atoms with Gasteiger partial charge in [0, 0.05) is 8.80 Å². The molecule has 204 valence electrons. The zero-order valence-corrected chi connectivity index (χ0v) is 23.2. The van der Waals surface area contributed by atoms with Crippen LogP contribution in [-0.4, -0.2) is 8.80 Å². The van der Waals surface area contributed by atoms with Crippen molar-refractivity contribution in [2.24, 2.45) is 11.8 Å². The van der Waals surface area contributed by atoms with Gasteiger partial charge in [0.1, 0.15) is 11.6 Å². The Morgan fingerprint density at radius 2 is 1.35 bits per heavy atom. The van der Waals surface area contributed by atoms with Gasteiger partial charge in [0.05, 0.1) is 11.1 Å². The lowest BCUT2D eigenvalue weighted by Gasteiger charge is -2.32. The van der Waals surface area contributed by atoms with Crippen LogP contribution in [0.15, 0.2) is 36.4 Å². The van der Waals surface area contributed by atoms with Gasteiger partial charge in [0.25, 0.3) is 0 Å². The Morgan fingerprint density at radius 1 is 0.784 bits per heavy atom. The fourth-order valence-electron chi connectivity index (χ4n) is 6.68. The van der Waals surface area contributed by atoms with Crippen molar-refractivity contribution >= 4 is 8.80 Å². The highest BCUT2D eigenvalue weighted by Gasteiger charge is 2.31. The van der Waals surface area contributed by atoms with Gasteiger partial charge in [-0.3, -0.25) is 0 Å². The molecule has 1 aliphatic carbocycles. The molecule has 0 aromatic heterocycles. The molecule has 0 radical (unpaired) electrons. The Hall–Kier alpha value is -1.69. The lowest BCUT2D eigenvalue weighted by molar-refractivity contribution is -0.137. The van der Waals surface area contributed by atoms with Crippen LogP contribution < -0.4 is 0 Å². The average Bonchev–Trinajstić information content (AvgIpc) is 2.88. The van der Waals surface area contributed by atoms with Crippen molar-refractivity contribution in [3.63, 3.8) is 0 Å². The maximum Gasteiger partial charge on any atom is 0.416 e. The Bertz CT molecular complexity index is 961. The maximum absolute atomic E-state index is 14.9. The van der Waals surface area contributed by atoms with Crippen LogP contribution in [0.1, 0.15) is 94.6 Å². The van der Waals surface area contributed by atoms with Crippen LogP contribution in [-0.2, 0) is 6.18 Å². The van der Waals surface area contributed by atoms with Gasteiger partial charge in [-0.15, -0.1) is 0 Å². The monoisotopic (exact) mass is 536 g/mol. The lowest BCUT2D eigenvalue weighted by atomic mass is 9.76. The fourth-order valence-corrected chi connectivity index (χ4v) is 10.3. The smallest absolute Gasteiger partial charge is 0.206 e. The van der Waals surface area contributed by atoms with E-state index < -0.39 is 32.2 Å². The Balaban J connectivity index is 1.26. The van der Waals surface area contributed by atoms with E-state index >= 15 is 0 Å². The Kier molecular flexibility index (Phi) is 9.88. The van der Waals surface area contributed by atoms with Crippen LogP contribution in [0.25, 0.3) is 11.1 Å². The predicted molar refractivity (Wildman–Crippen MR) is 145 cm³/mol. The summed E-state index contributed by atoms with van der Waals surface area (Å²) in [6.45, 7) is 2.28. The number of halogens is 5. The number of benzene rings is 2. The highest BCUT2D eigenvalue weighted by Crippen LogP contribution is 2.41. The van der Waals surface area contributed by atoms with Crippen molar-refractivity contribution in [1.29, 1.82) is 0 Å². The van der Waals surface area contributed by atoms with Gasteiger partial charge in [-0.1, -0.05) is 82.1 Å². The molecule has 0 unspecified atom stereocenters. The number of alkyl halides is 3. The van der Waals surface area contributed by atoms with Gasteiger partial charge >= 0.3 is 6.18 Å². The third kappa shape index (κ3) is 7.67. The molecule has 2 aliphatic rings. The quantitative estimate of drug-likeness (QED) is 0.170. The van der Waals surface area contributed by atoms with E-state index in [0.29, 0.717) is 5.56 Å². The third-order valence-corrected chi connectivity index (χ3v) is 12.6. The molecule has 1 saturated heterocycles. The van der Waals surface area contributed by atoms with Crippen LogP contribution in [0, 0.1) is 23.5 Å². The van der Waals surface area contributed by atoms with Gasteiger partial charge in [0.15, 0.2) is 0 Å². The number of rotatable bonds is 9. The first kappa shape index (κ1) is 28.3. The number of hydrogen-bond donors (Lipinski definition) is 0. The molecule has 4 rings (SSSR count). The Morgan fingerprint density at radius 3 is 1.89 bits per heavy atom. The second kappa shape index (κ2) is 12.9. The molecule has 0 N–H and O–H groups in total. The van der Waals surface area contributed by atoms with E-state index in [1.165, 1.54) is 57.1 Å². The van der Waals surface area contributed by atoms with E-state index in [0.717, 1.165) is 61.8 Å². The molecule has 0 atom stereocenters. The molecule has 2 fully saturated rings. The molecule has 37 heavy (non-hydrogen) atoms. The number of unbranched alkanes of at least 4 members (excludes halogenated alkanes) is 2. The average molecular weight is 537 g/mol. The predicted octanol–water partition coefficient (Wildman–Crippen LogP) is 10.5. The summed E-state index contributed by atoms with van der Waals surface area (Å²) < 4.78 is 68.4. The summed E-state index contributed by atoms with van der Waals surface area (Å²) in [6, 6.07) is 11.4. The zero-order valence-electron chi connectivity index (χ0n) is 22.1. The maximum atomic E-state index is 14.9. The van der Waals surface area contributed by atoms with Gasteiger partial charge in [-0.05, 0) is 78.8 Å². The van der Waals surface area contributed by atoms with Gasteiger partial charge in [0.2, 0.25) is 0 Å². The minimum absolute atomic E-state index is 0.121. The standard InChI is InChI=1S/C31H41F5Si/c1-2-3-4-17-37-18-15-23(16-19-37)6-5-22-7-9-24(10-8-22)26-20-28(32)30(29(33)21-26)25-11-13-27(14-12-25)31(34,35)36/h11-14,20-24,37H,2-10,15-19H2,1H3/t22-,23-,24-,37-. The number of hydrogen-bond acceptors (Lipinski definition) is 0. The first-order chi connectivity index (χ1) is 17.7. The van der Waals surface area contributed by atoms with Crippen molar-refractivity contribution in [2.75, 3.05) is 0 Å². The van der Waals surface area contributed by atoms with Crippen LogP contribution in [0.5, 0.6) is 0 Å². The first-order valence-corrected chi connectivity index (χ1v) is 16.9. The Labute approximate surface area is 220 Å². The van der Waals surface area contributed by atoms with Crippen LogP contribution in [0.4, 0.5) is 22.0 Å². The minimum Gasteiger partial charge on any atom is -0.206 e. The van der Waals surface area contributed by atoms with Crippen molar-refractivity contribution in [3.8, 4) is 11.1 Å². The van der Waals surface area contributed by atoms with Crippen LogP contribution in [0.3, 0.4) is 0 Å². The van der Waals surface area contributed by atoms with Gasteiger partial charge < -0.3 is 0 Å². The molecule has 0 nitrogen and oxygen atoms in total. The molecule has 1 heterocycles.